The number of aryl methyl sites for hydroxylation is 3. The Labute approximate surface area is 112 Å². The van der Waals surface area contributed by atoms with Crippen LogP contribution in [0.4, 0.5) is 5.69 Å². The molecule has 0 fully saturated rings. The maximum atomic E-state index is 5.80. The predicted octanol–water partition coefficient (Wildman–Crippen LogP) is 3.74. The summed E-state index contributed by atoms with van der Waals surface area (Å²) in [5.41, 5.74) is 13.4. The van der Waals surface area contributed by atoms with E-state index in [9.17, 15) is 0 Å². The Morgan fingerprint density at radius 1 is 1.00 bits per heavy atom. The van der Waals surface area contributed by atoms with Gasteiger partial charge in [0.05, 0.1) is 11.0 Å². The van der Waals surface area contributed by atoms with Crippen LogP contribution in [0.3, 0.4) is 0 Å². The number of nitrogens with two attached hydrogens (primary N) is 1. The first-order chi connectivity index (χ1) is 9.04. The van der Waals surface area contributed by atoms with Gasteiger partial charge in [-0.3, -0.25) is 0 Å². The fraction of sp³-hybridized carbons (Fsp3) is 0.188. The molecule has 0 saturated heterocycles. The molecule has 0 atom stereocenters. The average molecular weight is 251 g/mol. The fourth-order valence-corrected chi connectivity index (χ4v) is 2.70. The lowest BCUT2D eigenvalue weighted by Crippen LogP contribution is -1.91. The first-order valence-corrected chi connectivity index (χ1v) is 6.38. The van der Waals surface area contributed by atoms with E-state index in [1.165, 1.54) is 22.3 Å². The fourth-order valence-electron chi connectivity index (χ4n) is 2.70. The molecule has 0 aliphatic rings. The van der Waals surface area contributed by atoms with Crippen molar-refractivity contribution in [1.82, 2.24) is 9.97 Å². The third-order valence-corrected chi connectivity index (χ3v) is 3.42. The Balaban J connectivity index is 2.24. The van der Waals surface area contributed by atoms with Gasteiger partial charge in [-0.05, 0) is 50.1 Å². The number of anilines is 1. The number of fused-ring (bicyclic) bond motifs is 1. The predicted molar refractivity (Wildman–Crippen MR) is 80.2 cm³/mol. The highest BCUT2D eigenvalue weighted by Gasteiger charge is 2.11. The van der Waals surface area contributed by atoms with Gasteiger partial charge in [-0.2, -0.15) is 0 Å². The van der Waals surface area contributed by atoms with Gasteiger partial charge in [0.2, 0.25) is 0 Å². The number of hydrogen-bond acceptors (Lipinski definition) is 2. The molecule has 0 radical (unpaired) electrons. The minimum atomic E-state index is 0.750. The van der Waals surface area contributed by atoms with Gasteiger partial charge in [0.1, 0.15) is 5.82 Å². The molecule has 0 aliphatic carbocycles. The number of aromatic amines is 1. The summed E-state index contributed by atoms with van der Waals surface area (Å²) in [7, 11) is 0. The smallest absolute Gasteiger partial charge is 0.139 e. The molecule has 0 bridgehead atoms. The van der Waals surface area contributed by atoms with E-state index in [4.69, 9.17) is 5.73 Å². The lowest BCUT2D eigenvalue weighted by atomic mass is 9.99. The average Bonchev–Trinajstić information content (AvgIpc) is 2.69. The van der Waals surface area contributed by atoms with Gasteiger partial charge in [0.15, 0.2) is 0 Å². The number of hydrogen-bond donors (Lipinski definition) is 2. The number of rotatable bonds is 1. The second kappa shape index (κ2) is 4.12. The minimum Gasteiger partial charge on any atom is -0.399 e. The highest BCUT2D eigenvalue weighted by molar-refractivity contribution is 5.83. The zero-order valence-corrected chi connectivity index (χ0v) is 11.4. The molecular weight excluding hydrogens is 234 g/mol. The normalized spacial score (nSPS) is 11.1. The van der Waals surface area contributed by atoms with Crippen LogP contribution in [0, 0.1) is 20.8 Å². The number of nitrogen functional groups attached to an aromatic ring is 1. The van der Waals surface area contributed by atoms with Crippen molar-refractivity contribution in [2.24, 2.45) is 0 Å². The van der Waals surface area contributed by atoms with Crippen LogP contribution < -0.4 is 5.73 Å². The Hall–Kier alpha value is -2.29. The maximum Gasteiger partial charge on any atom is 0.139 e. The second-order valence-electron chi connectivity index (χ2n) is 5.14. The van der Waals surface area contributed by atoms with Gasteiger partial charge in [-0.1, -0.05) is 17.7 Å². The van der Waals surface area contributed by atoms with E-state index in [2.05, 4.69) is 42.9 Å². The number of nitrogens with zero attached hydrogens (tertiary/aromatic N) is 1. The number of nitrogens with one attached hydrogen (secondary N) is 1. The highest BCUT2D eigenvalue weighted by atomic mass is 14.9. The molecule has 0 amide bonds. The molecule has 3 aromatic rings. The first-order valence-electron chi connectivity index (χ1n) is 6.38. The molecule has 3 rings (SSSR count). The summed E-state index contributed by atoms with van der Waals surface area (Å²) in [6, 6.07) is 10.1. The number of aromatic nitrogens is 2. The standard InChI is InChI=1S/C16H17N3/c1-9-6-10(2)15(11(3)7-9)16-18-13-5-4-12(17)8-14(13)19-16/h4-8H,17H2,1-3H3,(H,18,19). The molecule has 1 heterocycles. The maximum absolute atomic E-state index is 5.80. The molecule has 0 unspecified atom stereocenters. The van der Waals surface area contributed by atoms with E-state index in [0.29, 0.717) is 0 Å². The summed E-state index contributed by atoms with van der Waals surface area (Å²) in [6.45, 7) is 6.36. The quantitative estimate of drug-likeness (QED) is 0.647. The summed E-state index contributed by atoms with van der Waals surface area (Å²) in [5.74, 6) is 0.913. The third kappa shape index (κ3) is 1.97. The SMILES string of the molecule is Cc1cc(C)c(-c2nc3ccc(N)cc3[nH]2)c(C)c1. The lowest BCUT2D eigenvalue weighted by Gasteiger charge is -2.08. The van der Waals surface area contributed by atoms with Crippen molar-refractivity contribution in [3.63, 3.8) is 0 Å². The Kier molecular flexibility index (Phi) is 2.56. The zero-order valence-electron chi connectivity index (χ0n) is 11.4. The van der Waals surface area contributed by atoms with Gasteiger partial charge in [-0.15, -0.1) is 0 Å². The lowest BCUT2D eigenvalue weighted by molar-refractivity contribution is 1.25. The van der Waals surface area contributed by atoms with Crippen molar-refractivity contribution in [2.45, 2.75) is 20.8 Å². The summed E-state index contributed by atoms with van der Waals surface area (Å²) < 4.78 is 0. The van der Waals surface area contributed by atoms with Crippen molar-refractivity contribution >= 4 is 16.7 Å². The topological polar surface area (TPSA) is 54.7 Å². The van der Waals surface area contributed by atoms with Gasteiger partial charge in [0.25, 0.3) is 0 Å². The van der Waals surface area contributed by atoms with Crippen LogP contribution in [-0.4, -0.2) is 9.97 Å². The molecule has 3 N–H and O–H groups in total. The monoisotopic (exact) mass is 251 g/mol. The molecule has 1 aromatic heterocycles. The largest absolute Gasteiger partial charge is 0.399 e. The van der Waals surface area contributed by atoms with Crippen LogP contribution in [-0.2, 0) is 0 Å². The summed E-state index contributed by atoms with van der Waals surface area (Å²) in [6.07, 6.45) is 0. The van der Waals surface area contributed by atoms with Crippen LogP contribution in [0.25, 0.3) is 22.4 Å². The van der Waals surface area contributed by atoms with E-state index in [0.717, 1.165) is 22.5 Å². The van der Waals surface area contributed by atoms with Crippen molar-refractivity contribution in [1.29, 1.82) is 0 Å². The van der Waals surface area contributed by atoms with Gasteiger partial charge in [-0.25, -0.2) is 4.98 Å². The zero-order chi connectivity index (χ0) is 13.6. The van der Waals surface area contributed by atoms with Crippen molar-refractivity contribution in [2.75, 3.05) is 5.73 Å². The Bertz CT molecular complexity index is 746. The van der Waals surface area contributed by atoms with Crippen molar-refractivity contribution in [3.8, 4) is 11.4 Å². The van der Waals surface area contributed by atoms with E-state index >= 15 is 0 Å². The molecule has 96 valence electrons. The van der Waals surface area contributed by atoms with E-state index < -0.39 is 0 Å². The van der Waals surface area contributed by atoms with Crippen LogP contribution in [0.1, 0.15) is 16.7 Å². The number of benzene rings is 2. The van der Waals surface area contributed by atoms with Crippen molar-refractivity contribution < 1.29 is 0 Å². The second-order valence-corrected chi connectivity index (χ2v) is 5.14. The van der Waals surface area contributed by atoms with E-state index in [1.807, 2.05) is 18.2 Å². The molecular formula is C16H17N3. The van der Waals surface area contributed by atoms with Crippen molar-refractivity contribution in [3.05, 3.63) is 47.0 Å². The summed E-state index contributed by atoms with van der Waals surface area (Å²) in [5, 5.41) is 0. The third-order valence-electron chi connectivity index (χ3n) is 3.42. The van der Waals surface area contributed by atoms with Gasteiger partial charge < -0.3 is 10.7 Å². The molecule has 3 heteroatoms. The molecule has 0 saturated carbocycles. The molecule has 2 aromatic carbocycles. The van der Waals surface area contributed by atoms with Gasteiger partial charge >= 0.3 is 0 Å². The molecule has 0 aliphatic heterocycles. The first kappa shape index (κ1) is 11.8. The summed E-state index contributed by atoms with van der Waals surface area (Å²) in [4.78, 5) is 8.03. The van der Waals surface area contributed by atoms with Crippen LogP contribution in [0.5, 0.6) is 0 Å². The van der Waals surface area contributed by atoms with Crippen LogP contribution in [0.2, 0.25) is 0 Å². The number of imidazole rings is 1. The molecule has 19 heavy (non-hydrogen) atoms. The Morgan fingerprint density at radius 2 is 1.68 bits per heavy atom. The minimum absolute atomic E-state index is 0.750. The Morgan fingerprint density at radius 3 is 2.37 bits per heavy atom. The summed E-state index contributed by atoms with van der Waals surface area (Å²) >= 11 is 0. The van der Waals surface area contributed by atoms with E-state index in [1.54, 1.807) is 0 Å². The van der Waals surface area contributed by atoms with Gasteiger partial charge in [0, 0.05) is 11.3 Å². The van der Waals surface area contributed by atoms with Crippen LogP contribution >= 0.6 is 0 Å². The molecule has 3 nitrogen and oxygen atoms in total. The van der Waals surface area contributed by atoms with Crippen LogP contribution in [0.15, 0.2) is 30.3 Å². The molecule has 0 spiro atoms. The highest BCUT2D eigenvalue weighted by Crippen LogP contribution is 2.28. The van der Waals surface area contributed by atoms with E-state index in [-0.39, 0.29) is 0 Å². The number of H-pyrrole nitrogens is 1.